The van der Waals surface area contributed by atoms with Gasteiger partial charge in [-0.2, -0.15) is 0 Å². The second-order valence-corrected chi connectivity index (χ2v) is 7.14. The van der Waals surface area contributed by atoms with Gasteiger partial charge < -0.3 is 15.1 Å². The molecule has 1 unspecified atom stereocenters. The fraction of sp³-hybridized carbons (Fsp3) is 0.579. The van der Waals surface area contributed by atoms with Crippen molar-refractivity contribution in [2.75, 3.05) is 31.6 Å². The molecule has 1 heterocycles. The summed E-state index contributed by atoms with van der Waals surface area (Å²) in [7, 11) is 2.06. The number of rotatable bonds is 7. The van der Waals surface area contributed by atoms with Crippen molar-refractivity contribution in [2.45, 2.75) is 39.7 Å². The lowest BCUT2D eigenvalue weighted by Crippen LogP contribution is -2.42. The monoisotopic (exact) mass is 331 g/mol. The van der Waals surface area contributed by atoms with E-state index < -0.39 is 0 Å². The van der Waals surface area contributed by atoms with E-state index in [1.54, 1.807) is 0 Å². The number of nitrogens with zero attached hydrogens (tertiary/aromatic N) is 2. The van der Waals surface area contributed by atoms with Crippen LogP contribution in [0.15, 0.2) is 24.3 Å². The number of anilines is 1. The minimum atomic E-state index is -0.0905. The zero-order chi connectivity index (χ0) is 17.7. The molecule has 2 rings (SSSR count). The van der Waals surface area contributed by atoms with Gasteiger partial charge in [-0.3, -0.25) is 9.59 Å². The van der Waals surface area contributed by atoms with Gasteiger partial charge in [0.1, 0.15) is 0 Å². The van der Waals surface area contributed by atoms with Gasteiger partial charge >= 0.3 is 0 Å². The van der Waals surface area contributed by atoms with Gasteiger partial charge in [-0.15, -0.1) is 0 Å². The molecule has 0 radical (unpaired) electrons. The maximum atomic E-state index is 12.3. The van der Waals surface area contributed by atoms with Gasteiger partial charge in [-0.1, -0.05) is 13.8 Å². The zero-order valence-electron chi connectivity index (χ0n) is 15.2. The normalized spacial score (nSPS) is 15.7. The molecule has 0 aromatic heterocycles. The van der Waals surface area contributed by atoms with Gasteiger partial charge in [0.05, 0.1) is 0 Å². The molecular formula is C19H29N3O2. The van der Waals surface area contributed by atoms with Crippen molar-refractivity contribution in [3.63, 3.8) is 0 Å². The van der Waals surface area contributed by atoms with Gasteiger partial charge in [0.25, 0.3) is 5.91 Å². The predicted molar refractivity (Wildman–Crippen MR) is 97.3 cm³/mol. The first-order valence-corrected chi connectivity index (χ1v) is 8.76. The van der Waals surface area contributed by atoms with E-state index in [-0.39, 0.29) is 17.9 Å². The van der Waals surface area contributed by atoms with Crippen LogP contribution >= 0.6 is 0 Å². The molecule has 1 aromatic rings. The quantitative estimate of drug-likeness (QED) is 0.835. The van der Waals surface area contributed by atoms with Gasteiger partial charge in [0.2, 0.25) is 5.91 Å². The number of amides is 2. The Labute approximate surface area is 145 Å². The van der Waals surface area contributed by atoms with Crippen LogP contribution < -0.4 is 10.2 Å². The molecule has 0 bridgehead atoms. The van der Waals surface area contributed by atoms with E-state index in [4.69, 9.17) is 0 Å². The molecule has 1 aliphatic rings. The summed E-state index contributed by atoms with van der Waals surface area (Å²) in [5.74, 6) is 0.688. The highest BCUT2D eigenvalue weighted by atomic mass is 16.2. The van der Waals surface area contributed by atoms with Gasteiger partial charge in [0, 0.05) is 50.4 Å². The molecule has 0 aliphatic carbocycles. The van der Waals surface area contributed by atoms with Crippen molar-refractivity contribution in [2.24, 2.45) is 5.92 Å². The molecule has 5 nitrogen and oxygen atoms in total. The Bertz CT molecular complexity index is 568. The average molecular weight is 331 g/mol. The minimum Gasteiger partial charge on any atom is -0.374 e. The third kappa shape index (κ3) is 4.98. The topological polar surface area (TPSA) is 52.7 Å². The minimum absolute atomic E-state index is 0.0529. The second-order valence-electron chi connectivity index (χ2n) is 7.14. The molecule has 1 saturated heterocycles. The van der Waals surface area contributed by atoms with E-state index >= 15 is 0 Å². The summed E-state index contributed by atoms with van der Waals surface area (Å²) in [5, 5.41) is 2.98. The van der Waals surface area contributed by atoms with Crippen LogP contribution in [0.25, 0.3) is 0 Å². The van der Waals surface area contributed by atoms with Gasteiger partial charge in [-0.25, -0.2) is 0 Å². The molecule has 1 aliphatic heterocycles. The number of carbonyl (C=O) groups excluding carboxylic acids is 2. The van der Waals surface area contributed by atoms with Crippen molar-refractivity contribution in [3.05, 3.63) is 29.8 Å². The summed E-state index contributed by atoms with van der Waals surface area (Å²) >= 11 is 0. The lowest BCUT2D eigenvalue weighted by molar-refractivity contribution is -0.127. The Morgan fingerprint density at radius 3 is 2.46 bits per heavy atom. The fourth-order valence-corrected chi connectivity index (χ4v) is 3.10. The first kappa shape index (κ1) is 18.3. The van der Waals surface area contributed by atoms with E-state index in [0.717, 1.165) is 25.2 Å². The smallest absolute Gasteiger partial charge is 0.251 e. The Kier molecular flexibility index (Phi) is 6.23. The van der Waals surface area contributed by atoms with Crippen LogP contribution in [-0.2, 0) is 4.79 Å². The van der Waals surface area contributed by atoms with Crippen LogP contribution in [-0.4, -0.2) is 49.4 Å². The summed E-state index contributed by atoms with van der Waals surface area (Å²) in [6, 6.07) is 7.62. The highest BCUT2D eigenvalue weighted by Gasteiger charge is 2.22. The lowest BCUT2D eigenvalue weighted by Gasteiger charge is -2.23. The largest absolute Gasteiger partial charge is 0.374 e. The molecule has 0 saturated carbocycles. The summed E-state index contributed by atoms with van der Waals surface area (Å²) in [6.45, 7) is 8.67. The number of carbonyl (C=O) groups is 2. The van der Waals surface area contributed by atoms with E-state index in [9.17, 15) is 9.59 Å². The van der Waals surface area contributed by atoms with E-state index in [2.05, 4.69) is 31.1 Å². The highest BCUT2D eigenvalue weighted by molar-refractivity contribution is 5.94. The Morgan fingerprint density at radius 2 is 1.92 bits per heavy atom. The molecule has 0 spiro atoms. The molecule has 2 amide bonds. The van der Waals surface area contributed by atoms with Crippen LogP contribution in [0.4, 0.5) is 5.69 Å². The molecule has 1 aromatic carbocycles. The fourth-order valence-electron chi connectivity index (χ4n) is 3.10. The van der Waals surface area contributed by atoms with Crippen molar-refractivity contribution >= 4 is 17.5 Å². The second kappa shape index (κ2) is 8.18. The predicted octanol–water partition coefficient (Wildman–Crippen LogP) is 2.52. The summed E-state index contributed by atoms with van der Waals surface area (Å²) < 4.78 is 0. The molecule has 24 heavy (non-hydrogen) atoms. The Morgan fingerprint density at radius 1 is 1.25 bits per heavy atom. The third-order valence-electron chi connectivity index (χ3n) is 4.25. The third-order valence-corrected chi connectivity index (χ3v) is 4.25. The first-order valence-electron chi connectivity index (χ1n) is 8.76. The summed E-state index contributed by atoms with van der Waals surface area (Å²) in [5.41, 5.74) is 1.76. The molecule has 1 fully saturated rings. The van der Waals surface area contributed by atoms with E-state index in [0.29, 0.717) is 24.4 Å². The molecule has 5 heteroatoms. The average Bonchev–Trinajstić information content (AvgIpc) is 2.91. The van der Waals surface area contributed by atoms with Crippen LogP contribution in [0.3, 0.4) is 0 Å². The number of hydrogen-bond acceptors (Lipinski definition) is 3. The van der Waals surface area contributed by atoms with Crippen LogP contribution in [0.5, 0.6) is 0 Å². The molecule has 132 valence electrons. The Hall–Kier alpha value is -2.04. The van der Waals surface area contributed by atoms with Gasteiger partial charge in [-0.05, 0) is 43.5 Å². The SMILES string of the molecule is CC(C)CN(C)c1ccc(C(=O)NC(C)CN2CCCC2=O)cc1. The van der Waals surface area contributed by atoms with Crippen LogP contribution in [0.1, 0.15) is 44.0 Å². The standard InChI is InChI=1S/C19H29N3O2/c1-14(2)12-21(4)17-9-7-16(8-10-17)19(24)20-15(3)13-22-11-5-6-18(22)23/h7-10,14-15H,5-6,11-13H2,1-4H3,(H,20,24). The van der Waals surface area contributed by atoms with Crippen LogP contribution in [0, 0.1) is 5.92 Å². The van der Waals surface area contributed by atoms with Crippen LogP contribution in [0.2, 0.25) is 0 Å². The first-order chi connectivity index (χ1) is 11.4. The maximum absolute atomic E-state index is 12.3. The molecular weight excluding hydrogens is 302 g/mol. The number of hydrogen-bond donors (Lipinski definition) is 1. The summed E-state index contributed by atoms with van der Waals surface area (Å²) in [4.78, 5) is 28.0. The Balaban J connectivity index is 1.88. The van der Waals surface area contributed by atoms with E-state index in [1.807, 2.05) is 36.1 Å². The van der Waals surface area contributed by atoms with Gasteiger partial charge in [0.15, 0.2) is 0 Å². The van der Waals surface area contributed by atoms with Crippen molar-refractivity contribution in [1.82, 2.24) is 10.2 Å². The molecule has 1 atom stereocenters. The lowest BCUT2D eigenvalue weighted by atomic mass is 10.1. The molecule has 1 N–H and O–H groups in total. The van der Waals surface area contributed by atoms with E-state index in [1.165, 1.54) is 0 Å². The van der Waals surface area contributed by atoms with Crippen molar-refractivity contribution < 1.29 is 9.59 Å². The summed E-state index contributed by atoms with van der Waals surface area (Å²) in [6.07, 6.45) is 1.55. The highest BCUT2D eigenvalue weighted by Crippen LogP contribution is 2.15. The number of likely N-dealkylation sites (tertiary alicyclic amines) is 1. The van der Waals surface area contributed by atoms with Crippen molar-refractivity contribution in [3.8, 4) is 0 Å². The van der Waals surface area contributed by atoms with Crippen molar-refractivity contribution in [1.29, 1.82) is 0 Å². The number of nitrogens with one attached hydrogen (secondary N) is 1. The zero-order valence-corrected chi connectivity index (χ0v) is 15.2. The number of benzene rings is 1. The maximum Gasteiger partial charge on any atom is 0.251 e.